The van der Waals surface area contributed by atoms with Crippen molar-refractivity contribution in [1.29, 1.82) is 0 Å². The van der Waals surface area contributed by atoms with E-state index in [1.165, 1.54) is 18.7 Å². The number of carbonyl (C=O) groups is 3. The van der Waals surface area contributed by atoms with Gasteiger partial charge in [-0.15, -0.1) is 0 Å². The van der Waals surface area contributed by atoms with Gasteiger partial charge in [-0.05, 0) is 30.9 Å². The zero-order valence-electron chi connectivity index (χ0n) is 14.7. The number of aliphatic hydroxyl groups is 1. The first-order valence-corrected chi connectivity index (χ1v) is 9.42. The van der Waals surface area contributed by atoms with Gasteiger partial charge in [0.2, 0.25) is 5.91 Å². The summed E-state index contributed by atoms with van der Waals surface area (Å²) in [6.07, 6.45) is 0.0831. The molecule has 2 amide bonds. The van der Waals surface area contributed by atoms with Gasteiger partial charge in [-0.2, -0.15) is 11.8 Å². The molecule has 0 saturated carbocycles. The molecule has 0 aliphatic heterocycles. The third-order valence-electron chi connectivity index (χ3n) is 3.48. The Morgan fingerprint density at radius 3 is 2.38 bits per heavy atom. The lowest BCUT2D eigenvalue weighted by Crippen LogP contribution is -2.54. The molecule has 0 bridgehead atoms. The lowest BCUT2D eigenvalue weighted by molar-refractivity contribution is -0.145. The molecular weight excluding hydrogens is 360 g/mol. The Balaban J connectivity index is 2.65. The van der Waals surface area contributed by atoms with Gasteiger partial charge >= 0.3 is 12.1 Å². The summed E-state index contributed by atoms with van der Waals surface area (Å²) in [6, 6.07) is 6.64. The Hall–Kier alpha value is -2.26. The summed E-state index contributed by atoms with van der Waals surface area (Å²) >= 11 is 1.48. The number of aliphatic hydroxyl groups excluding tert-OH is 1. The fourth-order valence-corrected chi connectivity index (χ4v) is 2.53. The minimum absolute atomic E-state index is 0.0506. The average Bonchev–Trinajstić information content (AvgIpc) is 2.61. The first-order valence-electron chi connectivity index (χ1n) is 8.02. The minimum Gasteiger partial charge on any atom is -0.480 e. The highest BCUT2D eigenvalue weighted by Gasteiger charge is 2.29. The molecule has 0 unspecified atom stereocenters. The molecule has 0 radical (unpaired) electrons. The zero-order valence-corrected chi connectivity index (χ0v) is 15.5. The highest BCUT2D eigenvalue weighted by Crippen LogP contribution is 2.05. The minimum atomic E-state index is -1.46. The third kappa shape index (κ3) is 7.75. The van der Waals surface area contributed by atoms with Crippen LogP contribution in [0.2, 0.25) is 0 Å². The molecular formula is C17H24N2O6S. The molecule has 9 heteroatoms. The van der Waals surface area contributed by atoms with Crippen LogP contribution in [0.3, 0.4) is 0 Å². The van der Waals surface area contributed by atoms with E-state index in [-0.39, 0.29) is 6.61 Å². The number of carboxylic acids is 1. The summed E-state index contributed by atoms with van der Waals surface area (Å²) in [5.41, 5.74) is 0.799. The Morgan fingerprint density at radius 2 is 1.85 bits per heavy atom. The molecule has 0 aromatic heterocycles. The van der Waals surface area contributed by atoms with Crippen LogP contribution in [0, 0.1) is 0 Å². The first-order chi connectivity index (χ1) is 12.3. The van der Waals surface area contributed by atoms with Crippen LogP contribution in [-0.4, -0.2) is 58.4 Å². The first kappa shape index (κ1) is 21.8. The maximum Gasteiger partial charge on any atom is 0.408 e. The quantitative estimate of drug-likeness (QED) is 0.474. The van der Waals surface area contributed by atoms with E-state index < -0.39 is 36.2 Å². The van der Waals surface area contributed by atoms with Crippen molar-refractivity contribution in [2.75, 3.05) is 12.0 Å². The fraction of sp³-hybridized carbons (Fsp3) is 0.471. The standard InChI is InChI=1S/C17H24N2O6S/c1-11(20)14(16(22)23)19-15(21)13(8-9-26-2)18-17(24)25-10-12-6-4-3-5-7-12/h3-7,11,13-14,20H,8-10H2,1-2H3,(H,18,24)(H,19,21)(H,22,23)/t11-,13+,14-/m1/s1. The number of hydrogen-bond donors (Lipinski definition) is 4. The maximum atomic E-state index is 12.3. The number of carbonyl (C=O) groups excluding carboxylic acids is 2. The number of amides is 2. The Kier molecular flexibility index (Phi) is 9.53. The number of carboxylic acid groups (broad SMARTS) is 1. The molecule has 0 aliphatic carbocycles. The number of benzene rings is 1. The molecule has 26 heavy (non-hydrogen) atoms. The van der Waals surface area contributed by atoms with Gasteiger partial charge in [0.05, 0.1) is 6.10 Å². The summed E-state index contributed by atoms with van der Waals surface area (Å²) < 4.78 is 5.09. The molecule has 0 aliphatic rings. The van der Waals surface area contributed by atoms with Crippen LogP contribution in [0.4, 0.5) is 4.79 Å². The van der Waals surface area contributed by atoms with E-state index in [1.54, 1.807) is 12.1 Å². The van der Waals surface area contributed by atoms with Crippen molar-refractivity contribution < 1.29 is 29.3 Å². The summed E-state index contributed by atoms with van der Waals surface area (Å²) in [5, 5.41) is 23.2. The Morgan fingerprint density at radius 1 is 1.19 bits per heavy atom. The topological polar surface area (TPSA) is 125 Å². The number of alkyl carbamates (subject to hydrolysis) is 1. The molecule has 1 aromatic carbocycles. The van der Waals surface area contributed by atoms with E-state index in [9.17, 15) is 19.5 Å². The van der Waals surface area contributed by atoms with Crippen LogP contribution >= 0.6 is 11.8 Å². The molecule has 1 aromatic rings. The molecule has 8 nitrogen and oxygen atoms in total. The lowest BCUT2D eigenvalue weighted by atomic mass is 10.1. The molecule has 0 fully saturated rings. The van der Waals surface area contributed by atoms with E-state index in [2.05, 4.69) is 10.6 Å². The fourth-order valence-electron chi connectivity index (χ4n) is 2.05. The van der Waals surface area contributed by atoms with Gasteiger partial charge in [-0.25, -0.2) is 9.59 Å². The van der Waals surface area contributed by atoms with E-state index in [1.807, 2.05) is 24.5 Å². The smallest absolute Gasteiger partial charge is 0.408 e. The predicted octanol–water partition coefficient (Wildman–Crippen LogP) is 0.985. The number of nitrogens with one attached hydrogen (secondary N) is 2. The van der Waals surface area contributed by atoms with Crippen molar-refractivity contribution >= 4 is 29.7 Å². The van der Waals surface area contributed by atoms with Gasteiger partial charge in [-0.1, -0.05) is 30.3 Å². The van der Waals surface area contributed by atoms with Gasteiger partial charge in [-0.3, -0.25) is 4.79 Å². The summed E-state index contributed by atoms with van der Waals surface area (Å²) in [5.74, 6) is -1.48. The zero-order chi connectivity index (χ0) is 19.5. The van der Waals surface area contributed by atoms with Crippen LogP contribution in [-0.2, 0) is 20.9 Å². The van der Waals surface area contributed by atoms with Crippen molar-refractivity contribution in [2.45, 2.75) is 38.1 Å². The average molecular weight is 384 g/mol. The molecule has 0 spiro atoms. The van der Waals surface area contributed by atoms with Gasteiger partial charge in [0.1, 0.15) is 12.6 Å². The molecule has 4 N–H and O–H groups in total. The van der Waals surface area contributed by atoms with E-state index in [0.717, 1.165) is 5.56 Å². The molecule has 0 saturated heterocycles. The van der Waals surface area contributed by atoms with E-state index >= 15 is 0 Å². The SMILES string of the molecule is CSCC[C@H](NC(=O)OCc1ccccc1)C(=O)N[C@@H](C(=O)O)[C@@H](C)O. The number of hydrogen-bond acceptors (Lipinski definition) is 6. The molecule has 0 heterocycles. The van der Waals surface area contributed by atoms with Gasteiger partial charge in [0, 0.05) is 0 Å². The second kappa shape index (κ2) is 11.4. The second-order valence-electron chi connectivity index (χ2n) is 5.61. The van der Waals surface area contributed by atoms with E-state index in [4.69, 9.17) is 9.84 Å². The van der Waals surface area contributed by atoms with Crippen LogP contribution in [0.1, 0.15) is 18.9 Å². The predicted molar refractivity (Wildman–Crippen MR) is 97.8 cm³/mol. The van der Waals surface area contributed by atoms with Gasteiger partial charge < -0.3 is 25.6 Å². The van der Waals surface area contributed by atoms with Crippen molar-refractivity contribution in [2.24, 2.45) is 0 Å². The molecule has 144 valence electrons. The van der Waals surface area contributed by atoms with Crippen molar-refractivity contribution in [1.82, 2.24) is 10.6 Å². The molecule has 1 rings (SSSR count). The van der Waals surface area contributed by atoms with Crippen LogP contribution in [0.25, 0.3) is 0 Å². The van der Waals surface area contributed by atoms with Crippen molar-refractivity contribution in [3.63, 3.8) is 0 Å². The van der Waals surface area contributed by atoms with Crippen molar-refractivity contribution in [3.05, 3.63) is 35.9 Å². The van der Waals surface area contributed by atoms with Crippen LogP contribution in [0.15, 0.2) is 30.3 Å². The Labute approximate surface area is 156 Å². The Bertz CT molecular complexity index is 596. The van der Waals surface area contributed by atoms with Crippen LogP contribution in [0.5, 0.6) is 0 Å². The maximum absolute atomic E-state index is 12.3. The third-order valence-corrected chi connectivity index (χ3v) is 4.12. The van der Waals surface area contributed by atoms with Crippen LogP contribution < -0.4 is 10.6 Å². The highest BCUT2D eigenvalue weighted by atomic mass is 32.2. The number of ether oxygens (including phenoxy) is 1. The van der Waals surface area contributed by atoms with Gasteiger partial charge in [0.15, 0.2) is 6.04 Å². The number of aliphatic carboxylic acids is 1. The lowest BCUT2D eigenvalue weighted by Gasteiger charge is -2.22. The number of rotatable bonds is 10. The summed E-state index contributed by atoms with van der Waals surface area (Å²) in [4.78, 5) is 35.4. The monoisotopic (exact) mass is 384 g/mol. The summed E-state index contributed by atoms with van der Waals surface area (Å²) in [6.45, 7) is 1.31. The normalized spacial score (nSPS) is 14.0. The van der Waals surface area contributed by atoms with E-state index in [0.29, 0.717) is 12.2 Å². The highest BCUT2D eigenvalue weighted by molar-refractivity contribution is 7.98. The van der Waals surface area contributed by atoms with Crippen molar-refractivity contribution in [3.8, 4) is 0 Å². The molecule has 3 atom stereocenters. The van der Waals surface area contributed by atoms with Gasteiger partial charge in [0.25, 0.3) is 0 Å². The number of thioether (sulfide) groups is 1. The summed E-state index contributed by atoms with van der Waals surface area (Å²) in [7, 11) is 0. The largest absolute Gasteiger partial charge is 0.480 e. The second-order valence-corrected chi connectivity index (χ2v) is 6.59.